The van der Waals surface area contributed by atoms with Gasteiger partial charge in [0.05, 0.1) is 0 Å². The highest BCUT2D eigenvalue weighted by molar-refractivity contribution is 7.85. The molecule has 37 heavy (non-hydrogen) atoms. The predicted molar refractivity (Wildman–Crippen MR) is 156 cm³/mol. The van der Waals surface area contributed by atoms with Gasteiger partial charge in [0.1, 0.15) is 12.4 Å². The Hall–Kier alpha value is -4.13. The Bertz CT molecular complexity index is 1480. The molecule has 0 fully saturated rings. The second-order valence-corrected chi connectivity index (χ2v) is 11.7. The Morgan fingerprint density at radius 1 is 0.649 bits per heavy atom. The van der Waals surface area contributed by atoms with Gasteiger partial charge >= 0.3 is 0 Å². The molecule has 0 radical (unpaired) electrons. The van der Waals surface area contributed by atoms with Gasteiger partial charge in [-0.2, -0.15) is 0 Å². The zero-order chi connectivity index (χ0) is 25.5. The maximum atomic E-state index is 15.0. The van der Waals surface area contributed by atoms with Crippen molar-refractivity contribution in [1.82, 2.24) is 0 Å². The van der Waals surface area contributed by atoms with Crippen molar-refractivity contribution >= 4 is 34.9 Å². The summed E-state index contributed by atoms with van der Waals surface area (Å²) in [6.45, 7) is 2.38. The number of benzene rings is 5. The summed E-state index contributed by atoms with van der Waals surface area (Å²) in [4.78, 5) is 0. The largest absolute Gasteiger partial charge is 0.488 e. The summed E-state index contributed by atoms with van der Waals surface area (Å²) in [6.07, 6.45) is 2.06. The molecule has 5 aromatic rings. The number of hydrogen-bond acceptors (Lipinski definition) is 2. The van der Waals surface area contributed by atoms with E-state index in [0.29, 0.717) is 6.61 Å². The highest BCUT2D eigenvalue weighted by Gasteiger charge is 2.31. The molecule has 0 amide bonds. The fourth-order valence-electron chi connectivity index (χ4n) is 4.42. The Kier molecular flexibility index (Phi) is 7.49. The van der Waals surface area contributed by atoms with Crippen LogP contribution in [0.25, 0.3) is 11.8 Å². The topological polar surface area (TPSA) is 26.3 Å². The average molecular weight is 501 g/mol. The van der Waals surface area contributed by atoms with Crippen molar-refractivity contribution in [2.45, 2.75) is 13.5 Å². The van der Waals surface area contributed by atoms with Crippen molar-refractivity contribution in [2.75, 3.05) is 0 Å². The van der Waals surface area contributed by atoms with Crippen LogP contribution in [-0.4, -0.2) is 0 Å². The number of hydrogen-bond donors (Lipinski definition) is 0. The highest BCUT2D eigenvalue weighted by Crippen LogP contribution is 2.43. The fourth-order valence-corrected chi connectivity index (χ4v) is 7.30. The zero-order valence-electron chi connectivity index (χ0n) is 20.8. The first-order valence-electron chi connectivity index (χ1n) is 12.4. The molecule has 0 saturated heterocycles. The minimum Gasteiger partial charge on any atom is -0.488 e. The molecule has 0 aliphatic rings. The zero-order valence-corrected chi connectivity index (χ0v) is 21.7. The van der Waals surface area contributed by atoms with E-state index in [1.807, 2.05) is 115 Å². The van der Waals surface area contributed by atoms with Crippen molar-refractivity contribution in [1.29, 1.82) is 0 Å². The van der Waals surface area contributed by atoms with Crippen LogP contribution < -0.4 is 15.9 Å². The van der Waals surface area contributed by atoms with Crippen LogP contribution in [0.2, 0.25) is 0 Å². The number of ether oxygens (including phenoxy) is 1. The van der Waals surface area contributed by atoms with Gasteiger partial charge in [-0.05, 0) is 18.6 Å². The van der Waals surface area contributed by atoms with Crippen LogP contribution >= 0.6 is 7.14 Å². The van der Waals surface area contributed by atoms with Crippen LogP contribution in [0, 0.1) is 6.92 Å². The van der Waals surface area contributed by atoms with Gasteiger partial charge in [0.2, 0.25) is 0 Å². The first kappa shape index (κ1) is 24.6. The van der Waals surface area contributed by atoms with Crippen molar-refractivity contribution in [3.63, 3.8) is 0 Å². The normalized spacial score (nSPS) is 11.8. The van der Waals surface area contributed by atoms with E-state index in [9.17, 15) is 0 Å². The molecule has 0 unspecified atom stereocenters. The highest BCUT2D eigenvalue weighted by atomic mass is 31.2. The molecule has 182 valence electrons. The van der Waals surface area contributed by atoms with Crippen LogP contribution in [0.4, 0.5) is 0 Å². The summed E-state index contributed by atoms with van der Waals surface area (Å²) in [6, 6.07) is 45.9. The van der Waals surface area contributed by atoms with E-state index in [1.54, 1.807) is 0 Å². The first-order chi connectivity index (χ1) is 18.1. The quantitative estimate of drug-likeness (QED) is 0.127. The van der Waals surface area contributed by atoms with E-state index in [2.05, 4.69) is 37.3 Å². The Labute approximate surface area is 219 Å². The Morgan fingerprint density at radius 2 is 1.16 bits per heavy atom. The minimum absolute atomic E-state index is 0.298. The predicted octanol–water partition coefficient (Wildman–Crippen LogP) is 7.35. The van der Waals surface area contributed by atoms with Crippen LogP contribution in [0.3, 0.4) is 0 Å². The lowest BCUT2D eigenvalue weighted by molar-refractivity contribution is 0.267. The van der Waals surface area contributed by atoms with Gasteiger partial charge in [-0.1, -0.05) is 145 Å². The lowest BCUT2D eigenvalue weighted by Crippen LogP contribution is -2.27. The van der Waals surface area contributed by atoms with Gasteiger partial charge in [-0.15, -0.1) is 0 Å². The van der Waals surface area contributed by atoms with Gasteiger partial charge in [0.25, 0.3) is 0 Å². The maximum absolute atomic E-state index is 15.0. The summed E-state index contributed by atoms with van der Waals surface area (Å²) in [7, 11) is -3.12. The lowest BCUT2D eigenvalue weighted by atomic mass is 10.1. The Balaban J connectivity index is 1.56. The summed E-state index contributed by atoms with van der Waals surface area (Å²) in [5.41, 5.74) is 4.18. The summed E-state index contributed by atoms with van der Waals surface area (Å²) in [5.74, 6) is 0.772. The van der Waals surface area contributed by atoms with Gasteiger partial charge in [0.15, 0.2) is 7.14 Å². The Morgan fingerprint density at radius 3 is 1.76 bits per heavy atom. The van der Waals surface area contributed by atoms with Crippen molar-refractivity contribution < 1.29 is 9.30 Å². The number of aryl methyl sites for hydroxylation is 1. The third-order valence-electron chi connectivity index (χ3n) is 6.39. The molecule has 0 spiro atoms. The molecule has 5 rings (SSSR count). The van der Waals surface area contributed by atoms with E-state index in [-0.39, 0.29) is 0 Å². The second-order valence-electron chi connectivity index (χ2n) is 8.98. The molecule has 0 aliphatic carbocycles. The molecular weight excluding hydrogens is 471 g/mol. The van der Waals surface area contributed by atoms with Crippen molar-refractivity contribution in [2.24, 2.45) is 0 Å². The van der Waals surface area contributed by atoms with Gasteiger partial charge < -0.3 is 9.30 Å². The van der Waals surface area contributed by atoms with Crippen LogP contribution in [-0.2, 0) is 15.9 Å². The summed E-state index contributed by atoms with van der Waals surface area (Å²) < 4.78 is 21.5. The molecule has 3 heteroatoms. The standard InChI is InChI=1S/C34H29O2P/c1-27-21-23-28(24-22-27)25-33(29-13-5-2-6-14-29)36-26-30-15-11-12-20-34(30)37(35,31-16-7-3-8-17-31)32-18-9-4-10-19-32/h2-25H,26H2,1H3/b33-25+. The molecule has 0 saturated carbocycles. The fraction of sp³-hybridized carbons (Fsp3) is 0.0588. The van der Waals surface area contributed by atoms with E-state index < -0.39 is 7.14 Å². The first-order valence-corrected chi connectivity index (χ1v) is 14.1. The minimum atomic E-state index is -3.12. The third kappa shape index (κ3) is 5.50. The molecule has 0 heterocycles. The van der Waals surface area contributed by atoms with E-state index in [1.165, 1.54) is 5.56 Å². The van der Waals surface area contributed by atoms with Crippen molar-refractivity contribution in [3.8, 4) is 0 Å². The number of rotatable bonds is 8. The summed E-state index contributed by atoms with van der Waals surface area (Å²) >= 11 is 0. The molecule has 0 aliphatic heterocycles. The van der Waals surface area contributed by atoms with Gasteiger partial charge in [-0.25, -0.2) is 0 Å². The lowest BCUT2D eigenvalue weighted by Gasteiger charge is -2.23. The van der Waals surface area contributed by atoms with Gasteiger partial charge in [0, 0.05) is 27.0 Å². The SMILES string of the molecule is Cc1ccc(/C=C(/OCc2ccccc2P(=O)(c2ccccc2)c2ccccc2)c2ccccc2)cc1. The van der Waals surface area contributed by atoms with Crippen LogP contribution in [0.1, 0.15) is 22.3 Å². The monoisotopic (exact) mass is 500 g/mol. The summed E-state index contributed by atoms with van der Waals surface area (Å²) in [5, 5.41) is 2.43. The molecule has 0 N–H and O–H groups in total. The molecule has 2 nitrogen and oxygen atoms in total. The second kappa shape index (κ2) is 11.3. The van der Waals surface area contributed by atoms with Crippen LogP contribution in [0.15, 0.2) is 140 Å². The average Bonchev–Trinajstić information content (AvgIpc) is 2.97. The molecular formula is C34H29O2P. The molecule has 0 aromatic heterocycles. The van der Waals surface area contributed by atoms with E-state index in [4.69, 9.17) is 4.74 Å². The van der Waals surface area contributed by atoms with E-state index in [0.717, 1.165) is 38.4 Å². The third-order valence-corrected chi connectivity index (χ3v) is 9.55. The molecule has 0 bridgehead atoms. The maximum Gasteiger partial charge on any atom is 0.171 e. The van der Waals surface area contributed by atoms with Gasteiger partial charge in [-0.3, -0.25) is 0 Å². The molecule has 5 aromatic carbocycles. The molecule has 0 atom stereocenters. The van der Waals surface area contributed by atoms with Crippen molar-refractivity contribution in [3.05, 3.63) is 162 Å². The van der Waals surface area contributed by atoms with Crippen LogP contribution in [0.5, 0.6) is 0 Å². The smallest absolute Gasteiger partial charge is 0.171 e. The van der Waals surface area contributed by atoms with E-state index >= 15 is 4.57 Å².